The normalized spacial score (nSPS) is 13.2. The zero-order chi connectivity index (χ0) is 17.9. The van der Waals surface area contributed by atoms with Gasteiger partial charge in [-0.2, -0.15) is 0 Å². The third-order valence-electron chi connectivity index (χ3n) is 4.62. The molecule has 130 valence electrons. The van der Waals surface area contributed by atoms with Crippen LogP contribution >= 0.6 is 0 Å². The number of carbonyl (C=O) groups is 1. The molecule has 0 saturated heterocycles. The molecule has 1 aliphatic heterocycles. The molecule has 3 aromatic rings. The Balaban J connectivity index is 1.45. The topological polar surface area (TPSA) is 58.1 Å². The van der Waals surface area contributed by atoms with Gasteiger partial charge in [-0.1, -0.05) is 42.0 Å². The molecule has 0 spiro atoms. The molecule has 1 aromatic heterocycles. The fraction of sp³-hybridized carbons (Fsp3) is 0.190. The van der Waals surface area contributed by atoms with Crippen molar-refractivity contribution in [3.63, 3.8) is 0 Å². The number of hydrogen-bond donors (Lipinski definition) is 1. The van der Waals surface area contributed by atoms with E-state index in [1.807, 2.05) is 48.2 Å². The third-order valence-corrected chi connectivity index (χ3v) is 4.62. The van der Waals surface area contributed by atoms with Crippen molar-refractivity contribution in [3.8, 4) is 0 Å². The van der Waals surface area contributed by atoms with Gasteiger partial charge < -0.3 is 10.2 Å². The van der Waals surface area contributed by atoms with Crippen molar-refractivity contribution >= 4 is 17.5 Å². The summed E-state index contributed by atoms with van der Waals surface area (Å²) < 4.78 is 0. The summed E-state index contributed by atoms with van der Waals surface area (Å²) in [5.41, 5.74) is 5.16. The van der Waals surface area contributed by atoms with Crippen LogP contribution in [-0.4, -0.2) is 27.3 Å². The van der Waals surface area contributed by atoms with Crippen LogP contribution in [0.15, 0.2) is 60.9 Å². The molecule has 0 bridgehead atoms. The number of benzene rings is 2. The van der Waals surface area contributed by atoms with Gasteiger partial charge in [-0.25, -0.2) is 9.97 Å². The minimum absolute atomic E-state index is 0.0265. The molecule has 0 saturated carbocycles. The Morgan fingerprint density at radius 2 is 1.69 bits per heavy atom. The Bertz CT molecular complexity index is 920. The number of nitrogens with one attached hydrogen (secondary N) is 1. The van der Waals surface area contributed by atoms with Gasteiger partial charge in [-0.05, 0) is 36.6 Å². The SMILES string of the molecule is Cc1ccc(Nc2ncc(C(=O)N3CCc4ccccc4C3)cn2)cc1. The average Bonchev–Trinajstić information content (AvgIpc) is 2.69. The lowest BCUT2D eigenvalue weighted by Crippen LogP contribution is -2.36. The van der Waals surface area contributed by atoms with Crippen molar-refractivity contribution in [2.75, 3.05) is 11.9 Å². The van der Waals surface area contributed by atoms with E-state index in [9.17, 15) is 4.79 Å². The number of carbonyl (C=O) groups excluding carboxylic acids is 1. The van der Waals surface area contributed by atoms with E-state index in [4.69, 9.17) is 0 Å². The van der Waals surface area contributed by atoms with Crippen LogP contribution in [0.2, 0.25) is 0 Å². The highest BCUT2D eigenvalue weighted by Crippen LogP contribution is 2.20. The quantitative estimate of drug-likeness (QED) is 0.786. The molecule has 4 rings (SSSR count). The van der Waals surface area contributed by atoms with Gasteiger partial charge in [-0.3, -0.25) is 4.79 Å². The molecule has 1 N–H and O–H groups in total. The van der Waals surface area contributed by atoms with Gasteiger partial charge in [0, 0.05) is 31.2 Å². The second kappa shape index (κ2) is 6.96. The molecule has 26 heavy (non-hydrogen) atoms. The van der Waals surface area contributed by atoms with E-state index in [1.165, 1.54) is 16.7 Å². The molecular formula is C21H20N4O. The molecule has 5 heteroatoms. The molecular weight excluding hydrogens is 324 g/mol. The van der Waals surface area contributed by atoms with E-state index in [0.717, 1.165) is 18.7 Å². The van der Waals surface area contributed by atoms with Crippen molar-refractivity contribution in [2.45, 2.75) is 19.9 Å². The zero-order valence-electron chi connectivity index (χ0n) is 14.6. The van der Waals surface area contributed by atoms with E-state index in [0.29, 0.717) is 18.1 Å². The maximum Gasteiger partial charge on any atom is 0.257 e. The molecule has 1 amide bonds. The number of nitrogens with zero attached hydrogens (tertiary/aromatic N) is 3. The van der Waals surface area contributed by atoms with Crippen LogP contribution in [0.25, 0.3) is 0 Å². The summed E-state index contributed by atoms with van der Waals surface area (Å²) in [7, 11) is 0. The summed E-state index contributed by atoms with van der Waals surface area (Å²) in [6, 6.07) is 16.3. The molecule has 5 nitrogen and oxygen atoms in total. The van der Waals surface area contributed by atoms with Crippen LogP contribution in [-0.2, 0) is 13.0 Å². The van der Waals surface area contributed by atoms with E-state index in [-0.39, 0.29) is 5.91 Å². The number of rotatable bonds is 3. The van der Waals surface area contributed by atoms with E-state index in [2.05, 4.69) is 27.4 Å². The average molecular weight is 344 g/mol. The minimum Gasteiger partial charge on any atom is -0.334 e. The Morgan fingerprint density at radius 3 is 2.42 bits per heavy atom. The summed E-state index contributed by atoms with van der Waals surface area (Å²) in [4.78, 5) is 23.2. The highest BCUT2D eigenvalue weighted by Gasteiger charge is 2.22. The predicted octanol–water partition coefficient (Wildman–Crippen LogP) is 3.73. The lowest BCUT2D eigenvalue weighted by Gasteiger charge is -2.28. The van der Waals surface area contributed by atoms with Gasteiger partial charge in [0.1, 0.15) is 0 Å². The summed E-state index contributed by atoms with van der Waals surface area (Å²) >= 11 is 0. The van der Waals surface area contributed by atoms with Crippen molar-refractivity contribution < 1.29 is 4.79 Å². The lowest BCUT2D eigenvalue weighted by atomic mass is 9.99. The predicted molar refractivity (Wildman–Crippen MR) is 101 cm³/mol. The van der Waals surface area contributed by atoms with E-state index >= 15 is 0 Å². The zero-order valence-corrected chi connectivity index (χ0v) is 14.6. The van der Waals surface area contributed by atoms with Crippen LogP contribution in [0.5, 0.6) is 0 Å². The van der Waals surface area contributed by atoms with Crippen molar-refractivity contribution in [2.24, 2.45) is 0 Å². The standard InChI is InChI=1S/C21H20N4O/c1-15-6-8-19(9-7-15)24-21-22-12-18(13-23-21)20(26)25-11-10-16-4-2-3-5-17(16)14-25/h2-9,12-13H,10-11,14H2,1H3,(H,22,23,24). The maximum absolute atomic E-state index is 12.7. The molecule has 0 fully saturated rings. The Labute approximate surface area is 152 Å². The first kappa shape index (κ1) is 16.3. The number of fused-ring (bicyclic) bond motifs is 1. The molecule has 1 aliphatic rings. The van der Waals surface area contributed by atoms with Gasteiger partial charge >= 0.3 is 0 Å². The van der Waals surface area contributed by atoms with Gasteiger partial charge in [-0.15, -0.1) is 0 Å². The number of aromatic nitrogens is 2. The molecule has 0 atom stereocenters. The second-order valence-electron chi connectivity index (χ2n) is 6.53. The van der Waals surface area contributed by atoms with Crippen LogP contribution in [0, 0.1) is 6.92 Å². The number of amides is 1. The fourth-order valence-electron chi connectivity index (χ4n) is 3.12. The van der Waals surface area contributed by atoms with Crippen molar-refractivity contribution in [1.82, 2.24) is 14.9 Å². The first-order valence-corrected chi connectivity index (χ1v) is 8.71. The molecule has 0 radical (unpaired) electrons. The van der Waals surface area contributed by atoms with Crippen LogP contribution in [0.1, 0.15) is 27.0 Å². The molecule has 0 unspecified atom stereocenters. The second-order valence-corrected chi connectivity index (χ2v) is 6.53. The first-order valence-electron chi connectivity index (χ1n) is 8.71. The maximum atomic E-state index is 12.7. The van der Waals surface area contributed by atoms with Gasteiger partial charge in [0.25, 0.3) is 5.91 Å². The third kappa shape index (κ3) is 3.42. The lowest BCUT2D eigenvalue weighted by molar-refractivity contribution is 0.0734. The summed E-state index contributed by atoms with van der Waals surface area (Å²) in [5, 5.41) is 3.14. The van der Waals surface area contributed by atoms with E-state index in [1.54, 1.807) is 12.4 Å². The summed E-state index contributed by atoms with van der Waals surface area (Å²) in [5.74, 6) is 0.454. The number of aryl methyl sites for hydroxylation is 1. The van der Waals surface area contributed by atoms with Crippen LogP contribution in [0.3, 0.4) is 0 Å². The minimum atomic E-state index is -0.0265. The van der Waals surface area contributed by atoms with Crippen molar-refractivity contribution in [1.29, 1.82) is 0 Å². The van der Waals surface area contributed by atoms with Crippen molar-refractivity contribution in [3.05, 3.63) is 83.2 Å². The Hall–Kier alpha value is -3.21. The summed E-state index contributed by atoms with van der Waals surface area (Å²) in [6.45, 7) is 3.40. The number of hydrogen-bond acceptors (Lipinski definition) is 4. The van der Waals surface area contributed by atoms with Gasteiger partial charge in [0.15, 0.2) is 0 Å². The van der Waals surface area contributed by atoms with Gasteiger partial charge in [0.2, 0.25) is 5.95 Å². The highest BCUT2D eigenvalue weighted by atomic mass is 16.2. The first-order chi connectivity index (χ1) is 12.7. The molecule has 0 aliphatic carbocycles. The van der Waals surface area contributed by atoms with Gasteiger partial charge in [0.05, 0.1) is 5.56 Å². The summed E-state index contributed by atoms with van der Waals surface area (Å²) in [6.07, 6.45) is 4.06. The molecule has 2 aromatic carbocycles. The van der Waals surface area contributed by atoms with Crippen LogP contribution in [0.4, 0.5) is 11.6 Å². The van der Waals surface area contributed by atoms with E-state index < -0.39 is 0 Å². The molecule has 2 heterocycles. The Morgan fingerprint density at radius 1 is 1.00 bits per heavy atom. The largest absolute Gasteiger partial charge is 0.334 e. The highest BCUT2D eigenvalue weighted by molar-refractivity contribution is 5.93. The van der Waals surface area contributed by atoms with Crippen LogP contribution < -0.4 is 5.32 Å². The smallest absolute Gasteiger partial charge is 0.257 e. The number of anilines is 2. The Kier molecular flexibility index (Phi) is 4.35. The fourth-order valence-corrected chi connectivity index (χ4v) is 3.12. The monoisotopic (exact) mass is 344 g/mol.